The molecule has 3 heterocycles. The Balaban J connectivity index is 1.41. The first-order chi connectivity index (χ1) is 12.4. The lowest BCUT2D eigenvalue weighted by Crippen LogP contribution is -2.39. The van der Waals surface area contributed by atoms with Crippen LogP contribution < -0.4 is 10.6 Å². The Hall–Kier alpha value is -2.35. The maximum absolute atomic E-state index is 5.65. The van der Waals surface area contributed by atoms with Crippen LogP contribution in [0, 0.1) is 0 Å². The summed E-state index contributed by atoms with van der Waals surface area (Å²) < 4.78 is 12.8. The molecule has 0 amide bonds. The highest BCUT2D eigenvalue weighted by Crippen LogP contribution is 2.11. The largest absolute Gasteiger partial charge is 0.469 e. The van der Waals surface area contributed by atoms with Crippen molar-refractivity contribution in [3.05, 3.63) is 36.5 Å². The van der Waals surface area contributed by atoms with E-state index in [1.165, 1.54) is 0 Å². The summed E-state index contributed by atoms with van der Waals surface area (Å²) in [5.41, 5.74) is 0. The van der Waals surface area contributed by atoms with Crippen LogP contribution >= 0.6 is 0 Å². The van der Waals surface area contributed by atoms with Crippen LogP contribution in [0.5, 0.6) is 0 Å². The molecule has 0 aromatic carbocycles. The standard InChI is InChI=1S/C17H26N6O2/c1-4-15(24-12-1)6-8-19-17(20-14-16-5-2-13-25-16)18-7-3-10-23-11-9-21-22-23/h1,4,9,11-12,16H,2-3,5-8,10,13-14H2,(H2,18,19,20). The van der Waals surface area contributed by atoms with Crippen LogP contribution in [-0.2, 0) is 17.7 Å². The molecule has 1 fully saturated rings. The number of rotatable bonds is 9. The van der Waals surface area contributed by atoms with Gasteiger partial charge in [0.25, 0.3) is 0 Å². The smallest absolute Gasteiger partial charge is 0.191 e. The lowest BCUT2D eigenvalue weighted by atomic mass is 10.2. The maximum atomic E-state index is 5.65. The second kappa shape index (κ2) is 9.83. The van der Waals surface area contributed by atoms with Gasteiger partial charge in [-0.15, -0.1) is 5.10 Å². The van der Waals surface area contributed by atoms with Gasteiger partial charge in [0.1, 0.15) is 5.76 Å². The van der Waals surface area contributed by atoms with E-state index in [1.54, 1.807) is 12.5 Å². The Morgan fingerprint density at radius 3 is 3.08 bits per heavy atom. The zero-order valence-electron chi connectivity index (χ0n) is 14.4. The van der Waals surface area contributed by atoms with Gasteiger partial charge in [-0.05, 0) is 31.4 Å². The molecule has 1 atom stereocenters. The van der Waals surface area contributed by atoms with Crippen molar-refractivity contribution in [1.82, 2.24) is 25.6 Å². The van der Waals surface area contributed by atoms with Crippen LogP contribution in [-0.4, -0.2) is 53.3 Å². The number of hydrogen-bond acceptors (Lipinski definition) is 5. The lowest BCUT2D eigenvalue weighted by molar-refractivity contribution is 0.117. The number of guanidine groups is 1. The first-order valence-corrected chi connectivity index (χ1v) is 8.90. The van der Waals surface area contributed by atoms with E-state index in [4.69, 9.17) is 9.15 Å². The summed E-state index contributed by atoms with van der Waals surface area (Å²) in [7, 11) is 0. The van der Waals surface area contributed by atoms with Crippen molar-refractivity contribution in [3.8, 4) is 0 Å². The SMILES string of the molecule is c1coc(CCNC(=NCC2CCCO2)NCCCn2ccnn2)c1. The number of aryl methyl sites for hydroxylation is 1. The summed E-state index contributed by atoms with van der Waals surface area (Å²) in [6, 6.07) is 3.89. The van der Waals surface area contributed by atoms with Crippen molar-refractivity contribution >= 4 is 5.96 Å². The molecule has 0 saturated carbocycles. The molecule has 3 rings (SSSR count). The molecule has 8 nitrogen and oxygen atoms in total. The van der Waals surface area contributed by atoms with Gasteiger partial charge in [-0.3, -0.25) is 9.67 Å². The third kappa shape index (κ3) is 6.22. The van der Waals surface area contributed by atoms with E-state index in [1.807, 2.05) is 23.0 Å². The molecule has 1 unspecified atom stereocenters. The predicted octanol–water partition coefficient (Wildman–Crippen LogP) is 1.22. The Morgan fingerprint density at radius 2 is 2.32 bits per heavy atom. The average Bonchev–Trinajstić information content (AvgIpc) is 3.39. The van der Waals surface area contributed by atoms with Crippen molar-refractivity contribution in [2.75, 3.05) is 26.2 Å². The van der Waals surface area contributed by atoms with Gasteiger partial charge in [0.2, 0.25) is 0 Å². The van der Waals surface area contributed by atoms with Gasteiger partial charge in [0.15, 0.2) is 5.96 Å². The predicted molar refractivity (Wildman–Crippen MR) is 94.3 cm³/mol. The number of nitrogens with one attached hydrogen (secondary N) is 2. The van der Waals surface area contributed by atoms with Crippen molar-refractivity contribution in [1.29, 1.82) is 0 Å². The topological polar surface area (TPSA) is 89.5 Å². The Labute approximate surface area is 147 Å². The lowest BCUT2D eigenvalue weighted by Gasteiger charge is -2.13. The summed E-state index contributed by atoms with van der Waals surface area (Å²) in [6.45, 7) is 3.97. The van der Waals surface area contributed by atoms with Crippen molar-refractivity contribution in [2.45, 2.75) is 38.3 Å². The van der Waals surface area contributed by atoms with E-state index in [-0.39, 0.29) is 6.10 Å². The van der Waals surface area contributed by atoms with E-state index in [9.17, 15) is 0 Å². The minimum atomic E-state index is 0.249. The molecule has 1 aliphatic heterocycles. The number of aliphatic imine (C=N–C) groups is 1. The highest BCUT2D eigenvalue weighted by Gasteiger charge is 2.14. The van der Waals surface area contributed by atoms with E-state index in [2.05, 4.69) is 25.9 Å². The minimum absolute atomic E-state index is 0.249. The quantitative estimate of drug-likeness (QED) is 0.403. The Bertz CT molecular complexity index is 605. The number of furan rings is 1. The van der Waals surface area contributed by atoms with E-state index in [0.29, 0.717) is 6.54 Å². The Kier molecular flexibility index (Phi) is 6.87. The zero-order valence-corrected chi connectivity index (χ0v) is 14.4. The van der Waals surface area contributed by atoms with Crippen LogP contribution in [0.1, 0.15) is 25.0 Å². The number of aromatic nitrogens is 3. The normalized spacial score (nSPS) is 17.8. The second-order valence-corrected chi connectivity index (χ2v) is 6.03. The van der Waals surface area contributed by atoms with Crippen LogP contribution in [0.2, 0.25) is 0 Å². The van der Waals surface area contributed by atoms with Gasteiger partial charge in [0, 0.05) is 38.9 Å². The van der Waals surface area contributed by atoms with Crippen LogP contribution in [0.15, 0.2) is 40.2 Å². The first-order valence-electron chi connectivity index (χ1n) is 8.90. The third-order valence-corrected chi connectivity index (χ3v) is 4.05. The van der Waals surface area contributed by atoms with Crippen LogP contribution in [0.4, 0.5) is 0 Å². The van der Waals surface area contributed by atoms with E-state index < -0.39 is 0 Å². The monoisotopic (exact) mass is 346 g/mol. The molecular weight excluding hydrogens is 320 g/mol. The van der Waals surface area contributed by atoms with Gasteiger partial charge in [-0.1, -0.05) is 5.21 Å². The molecule has 0 spiro atoms. The summed E-state index contributed by atoms with van der Waals surface area (Å²) in [5, 5.41) is 14.5. The molecule has 1 aliphatic rings. The van der Waals surface area contributed by atoms with Gasteiger partial charge in [-0.25, -0.2) is 0 Å². The van der Waals surface area contributed by atoms with Crippen molar-refractivity contribution < 1.29 is 9.15 Å². The fourth-order valence-electron chi connectivity index (χ4n) is 2.71. The van der Waals surface area contributed by atoms with Crippen molar-refractivity contribution in [2.24, 2.45) is 4.99 Å². The molecule has 0 aliphatic carbocycles. The summed E-state index contributed by atoms with van der Waals surface area (Å²) in [4.78, 5) is 4.66. The minimum Gasteiger partial charge on any atom is -0.469 e. The zero-order chi connectivity index (χ0) is 17.2. The highest BCUT2D eigenvalue weighted by atomic mass is 16.5. The molecular formula is C17H26N6O2. The molecule has 2 aromatic rings. The molecule has 8 heteroatoms. The number of nitrogens with zero attached hydrogens (tertiary/aromatic N) is 4. The fourth-order valence-corrected chi connectivity index (χ4v) is 2.71. The van der Waals surface area contributed by atoms with Gasteiger partial charge < -0.3 is 19.8 Å². The molecule has 2 aromatic heterocycles. The molecule has 25 heavy (non-hydrogen) atoms. The fraction of sp³-hybridized carbons (Fsp3) is 0.588. The third-order valence-electron chi connectivity index (χ3n) is 4.05. The van der Waals surface area contributed by atoms with Gasteiger partial charge in [0.05, 0.1) is 25.1 Å². The summed E-state index contributed by atoms with van der Waals surface area (Å²) in [6.07, 6.45) is 9.51. The number of hydrogen-bond donors (Lipinski definition) is 2. The highest BCUT2D eigenvalue weighted by molar-refractivity contribution is 5.79. The second-order valence-electron chi connectivity index (χ2n) is 6.03. The first kappa shape index (κ1) is 17.5. The maximum Gasteiger partial charge on any atom is 0.191 e. The van der Waals surface area contributed by atoms with E-state index in [0.717, 1.165) is 63.6 Å². The molecule has 2 N–H and O–H groups in total. The summed E-state index contributed by atoms with van der Waals surface area (Å²) in [5.74, 6) is 1.79. The molecule has 1 saturated heterocycles. The van der Waals surface area contributed by atoms with Crippen LogP contribution in [0.25, 0.3) is 0 Å². The molecule has 0 radical (unpaired) electrons. The summed E-state index contributed by atoms with van der Waals surface area (Å²) >= 11 is 0. The number of ether oxygens (including phenoxy) is 1. The van der Waals surface area contributed by atoms with E-state index >= 15 is 0 Å². The molecule has 0 bridgehead atoms. The Morgan fingerprint density at radius 1 is 1.36 bits per heavy atom. The van der Waals surface area contributed by atoms with Crippen molar-refractivity contribution in [3.63, 3.8) is 0 Å². The van der Waals surface area contributed by atoms with Gasteiger partial charge >= 0.3 is 0 Å². The average molecular weight is 346 g/mol. The van der Waals surface area contributed by atoms with Crippen LogP contribution in [0.3, 0.4) is 0 Å². The molecule has 136 valence electrons. The van der Waals surface area contributed by atoms with Gasteiger partial charge in [-0.2, -0.15) is 0 Å².